The van der Waals surface area contributed by atoms with Gasteiger partial charge >= 0.3 is 10.3 Å². The van der Waals surface area contributed by atoms with Crippen LogP contribution in [0.4, 0.5) is 24.5 Å². The number of rotatable bonds is 17. The monoisotopic (exact) mass is 1720 g/mol. The first kappa shape index (κ1) is 97.8. The predicted molar refractivity (Wildman–Crippen MR) is 453 cm³/mol. The number of aliphatic hydroxyl groups excluding tert-OH is 5. The minimum absolute atomic E-state index is 0. The van der Waals surface area contributed by atoms with E-state index in [9.17, 15) is 59.7 Å². The lowest BCUT2D eigenvalue weighted by atomic mass is 9.97. The summed E-state index contributed by atoms with van der Waals surface area (Å²) in [5.74, 6) is -2.02. The van der Waals surface area contributed by atoms with Crippen molar-refractivity contribution in [1.29, 1.82) is 0 Å². The molecule has 12 atom stereocenters. The van der Waals surface area contributed by atoms with Gasteiger partial charge in [-0.05, 0) is 203 Å². The van der Waals surface area contributed by atoms with Crippen LogP contribution in [-0.4, -0.2) is 267 Å². The normalized spacial score (nSPS) is 26.7. The molecule has 6 aromatic heterocycles. The average molecular weight is 1720 g/mol. The summed E-state index contributed by atoms with van der Waals surface area (Å²) in [5, 5.41) is 58.4. The number of nitrogens with two attached hydrogens (primary N) is 1. The second-order valence-electron chi connectivity index (χ2n) is 35.2. The van der Waals surface area contributed by atoms with Crippen LogP contribution in [0.3, 0.4) is 0 Å². The number of fused-ring (bicyclic) bond motifs is 6. The maximum Gasteiger partial charge on any atom is 0.333 e. The number of sulfonamides is 1. The van der Waals surface area contributed by atoms with Crippen LogP contribution in [0.2, 0.25) is 0 Å². The summed E-state index contributed by atoms with van der Waals surface area (Å²) >= 11 is 5.21. The number of pyridine rings is 3. The number of anilines is 2. The highest BCUT2D eigenvalue weighted by Crippen LogP contribution is 2.38. The molecule has 34 heteroatoms. The first-order chi connectivity index (χ1) is 53.9. The second-order valence-corrected chi connectivity index (χ2v) is 38.9. The smallest absolute Gasteiger partial charge is 0.333 e. The number of quaternary nitrogens is 1. The Bertz CT molecular complexity index is 4590. The fraction of sp³-hybridized carbons (Fsp3) is 0.639. The summed E-state index contributed by atoms with van der Waals surface area (Å²) in [6, 6.07) is 3.06. The Morgan fingerprint density at radius 1 is 0.513 bits per heavy atom. The van der Waals surface area contributed by atoms with E-state index in [4.69, 9.17) is 27.1 Å². The van der Waals surface area contributed by atoms with Gasteiger partial charge in [-0.2, -0.15) is 16.8 Å². The number of nitrogens with one attached hydrogen (secondary N) is 3. The van der Waals surface area contributed by atoms with E-state index < -0.39 is 93.7 Å². The highest BCUT2D eigenvalue weighted by atomic mass is 35.5. The Morgan fingerprint density at radius 3 is 1.09 bits per heavy atom. The standard InChI is InChI=1S/C23H33FN4O5S.C23H32FN3O3.C18H24N2O.C7H15N2O2S.C6H11ClFNO2.C6H12N2.ClH/c1-12-14(3)28(23(4,5)6)10-16(12)22(30)19-13(2)26-8-7-17(19)27-18-9-15(21(29)20(18)24)11-33-34(25,31)32;1-12-14(3)27(23(4,5)6)10-16(12)22(30)19-13(2)25-8-7-17(19)26-18-9-15(11-28)21(29)20(18)24;1-11-8-9-19-13(3)16(11)17(21)15-10-20(18(5,6)7)14(4)12(15)2;1-12(10,11)9-5-2-8(3-6-9)4-7-9;7-9-4-1-3(2-10)6(11)5(4)8;1-2-8-5-3-7(1)4-6-8;/h7-8,10,15,18,20-21,29H,9,11H2,1-6H3,(H,26,27)(H2,25,31,32);7-8,10,15,18,20-21,28-29H,9,11H2,1-6H3,(H,25,26);8-10H,1-7H3;2-7H2,1H3;3-6,9-11H,1-2H2;1-6H2;1H/q;;;+1;;;/t2*15-,18-,20-,21-;;;3-,4-,5-,6-;;/m11..1../s1. The Balaban J connectivity index is 0.000000206. The van der Waals surface area contributed by atoms with Crippen molar-refractivity contribution in [3.8, 4) is 0 Å². The van der Waals surface area contributed by atoms with Gasteiger partial charge in [0.15, 0.2) is 17.3 Å². The van der Waals surface area contributed by atoms with Crippen molar-refractivity contribution in [3.63, 3.8) is 0 Å². The number of aromatic nitrogens is 6. The number of aryl methyl sites for hydroxylation is 4. The van der Waals surface area contributed by atoms with Gasteiger partial charge < -0.3 is 49.9 Å². The molecule has 0 spiro atoms. The fourth-order valence-electron chi connectivity index (χ4n) is 16.7. The lowest BCUT2D eigenvalue weighted by molar-refractivity contribution is -0.823. The maximum absolute atomic E-state index is 14.9. The van der Waals surface area contributed by atoms with Gasteiger partial charge in [0.2, 0.25) is 0 Å². The molecule has 0 unspecified atom stereocenters. The van der Waals surface area contributed by atoms with Crippen molar-refractivity contribution in [1.82, 2.24) is 48.2 Å². The summed E-state index contributed by atoms with van der Waals surface area (Å²) in [6.07, 6.45) is 4.33. The number of hydrogen-bond donors (Lipinski definition) is 9. The van der Waals surface area contributed by atoms with Crippen LogP contribution in [0.15, 0.2) is 55.4 Å². The minimum Gasteiger partial charge on any atom is -0.396 e. The molecule has 3 saturated carbocycles. The van der Waals surface area contributed by atoms with Gasteiger partial charge in [-0.3, -0.25) is 48.2 Å². The number of aliphatic hydroxyl groups is 5. The third kappa shape index (κ3) is 22.9. The van der Waals surface area contributed by atoms with Gasteiger partial charge in [-0.15, -0.1) is 12.4 Å². The molecule has 6 aromatic rings. The second kappa shape index (κ2) is 39.7. The van der Waals surface area contributed by atoms with Crippen molar-refractivity contribution in [2.75, 3.05) is 115 Å². The molecular formula is C83H128Cl2F3N14O13S2+. The SMILES string of the molecule is C1CN2CCN1CC2.CS(=O)(=O)[N+]12CCN(CC1)CC2.Cc1ccnc(C)c1C(=O)c1cn(C(C)(C)C)c(C)c1C.Cc1nccc(N[C@@H]2C[C@H](CO)[C@@H](O)[C@@H]2F)c1C(=O)c1cn(C(C)(C)C)c(C)c1C.Cc1nccc(N[C@@H]2C[C@H](COS(N)(=O)=O)[C@@H](O)[C@@H]2F)c1C(=O)c1cn(C(C)(C)C)c(C)c1C.Cl.OC[C@H]1C[C@@H](NCl)[C@@H](F)[C@@H]1O. The van der Waals surface area contributed by atoms with Gasteiger partial charge in [0.25, 0.3) is 10.0 Å². The van der Waals surface area contributed by atoms with Crippen molar-refractivity contribution < 1.29 is 78.0 Å². The van der Waals surface area contributed by atoms with Crippen LogP contribution in [0.5, 0.6) is 0 Å². The Morgan fingerprint density at radius 2 is 0.812 bits per heavy atom. The van der Waals surface area contributed by atoms with E-state index in [0.717, 1.165) is 95.4 Å². The predicted octanol–water partition coefficient (Wildman–Crippen LogP) is 8.84. The molecule has 4 bridgehead atoms. The molecular weight excluding hydrogens is 1590 g/mol. The molecule has 9 aliphatic rings. The zero-order chi connectivity index (χ0) is 86.6. The first-order valence-corrected chi connectivity index (χ1v) is 43.6. The minimum atomic E-state index is -4.21. The average Bonchev–Trinajstić information content (AvgIpc) is 1.01. The van der Waals surface area contributed by atoms with E-state index >= 15 is 0 Å². The molecule has 0 aromatic carbocycles. The van der Waals surface area contributed by atoms with E-state index in [0.29, 0.717) is 55.3 Å². The van der Waals surface area contributed by atoms with Gasteiger partial charge in [0.05, 0.1) is 71.8 Å². The van der Waals surface area contributed by atoms with Crippen LogP contribution in [0, 0.1) is 87.0 Å². The number of carbonyl (C=O) groups excluding carboxylic acids is 3. The molecule has 9 fully saturated rings. The molecule has 15 rings (SSSR count). The van der Waals surface area contributed by atoms with Crippen LogP contribution in [-0.2, 0) is 41.1 Å². The van der Waals surface area contributed by atoms with E-state index in [-0.39, 0.29) is 78.3 Å². The molecule has 10 N–H and O–H groups in total. The zero-order valence-electron chi connectivity index (χ0n) is 71.6. The Hall–Kier alpha value is -6.31. The molecule has 6 saturated heterocycles. The summed E-state index contributed by atoms with van der Waals surface area (Å²) in [4.78, 5) is 62.6. The lowest BCUT2D eigenvalue weighted by Crippen LogP contribution is -2.68. The van der Waals surface area contributed by atoms with Crippen LogP contribution >= 0.6 is 24.2 Å². The number of halogens is 5. The van der Waals surface area contributed by atoms with E-state index in [1.165, 1.54) is 51.7 Å². The summed E-state index contributed by atoms with van der Waals surface area (Å²) < 4.78 is 98.8. The summed E-state index contributed by atoms with van der Waals surface area (Å²) in [5.41, 5.74) is 12.6. The van der Waals surface area contributed by atoms with E-state index in [1.54, 1.807) is 38.4 Å². The number of ketones is 3. The highest BCUT2D eigenvalue weighted by Gasteiger charge is 2.48. The first-order valence-electron chi connectivity index (χ1n) is 39.9. The highest BCUT2D eigenvalue weighted by molar-refractivity contribution is 7.85. The van der Waals surface area contributed by atoms with Gasteiger partial charge in [-0.1, -0.05) is 0 Å². The van der Waals surface area contributed by atoms with Crippen molar-refractivity contribution in [2.45, 2.75) is 222 Å². The van der Waals surface area contributed by atoms with Gasteiger partial charge in [0.1, 0.15) is 38.1 Å². The quantitative estimate of drug-likeness (QED) is 0.0234. The number of piperazine rings is 6. The molecule has 0 amide bonds. The molecule has 3 aliphatic carbocycles. The molecule has 117 heavy (non-hydrogen) atoms. The van der Waals surface area contributed by atoms with Gasteiger partial charge in [-0.25, -0.2) is 27.0 Å². The van der Waals surface area contributed by atoms with Crippen LogP contribution < -0.4 is 20.6 Å². The summed E-state index contributed by atoms with van der Waals surface area (Å²) in [7, 11) is -7.10. The van der Waals surface area contributed by atoms with Crippen LogP contribution in [0.25, 0.3) is 0 Å². The maximum atomic E-state index is 14.9. The van der Waals surface area contributed by atoms with Crippen molar-refractivity contribution >= 4 is 73.2 Å². The number of alkyl halides is 3. The third-order valence-electron chi connectivity index (χ3n) is 24.3. The number of nitrogens with zero attached hydrogens (tertiary/aromatic N) is 10. The van der Waals surface area contributed by atoms with Gasteiger partial charge in [0, 0.05) is 200 Å². The number of hydrogen-bond acceptors (Lipinski definition) is 22. The van der Waals surface area contributed by atoms with Crippen LogP contribution in [0.1, 0.15) is 186 Å². The molecule has 654 valence electrons. The molecule has 6 aliphatic heterocycles. The van der Waals surface area contributed by atoms with Crippen molar-refractivity contribution in [2.24, 2.45) is 22.9 Å². The fourth-order valence-corrected chi connectivity index (χ4v) is 18.5. The number of carbonyl (C=O) groups is 3. The Labute approximate surface area is 701 Å². The molecule has 12 heterocycles. The molecule has 0 radical (unpaired) electrons. The largest absolute Gasteiger partial charge is 0.396 e. The Kier molecular flexibility index (Phi) is 33.2. The van der Waals surface area contributed by atoms with E-state index in [2.05, 4.69) is 132 Å². The summed E-state index contributed by atoms with van der Waals surface area (Å²) in [6.45, 7) is 50.3. The van der Waals surface area contributed by atoms with E-state index in [1.807, 2.05) is 73.1 Å². The lowest BCUT2D eigenvalue weighted by Gasteiger charge is -2.47. The van der Waals surface area contributed by atoms with Crippen molar-refractivity contribution in [3.05, 3.63) is 145 Å². The topological polar surface area (TPSA) is 355 Å². The molecule has 27 nitrogen and oxygen atoms in total. The third-order valence-corrected chi connectivity index (χ3v) is 27.0. The zero-order valence-corrected chi connectivity index (χ0v) is 74.8.